The summed E-state index contributed by atoms with van der Waals surface area (Å²) in [5.41, 5.74) is 0. The van der Waals surface area contributed by atoms with Gasteiger partial charge in [0, 0.05) is 32.4 Å². The van der Waals surface area contributed by atoms with E-state index in [-0.39, 0.29) is 0 Å². The highest BCUT2D eigenvalue weighted by atomic mass is 32.2. The average molecular weight is 591 g/mol. The standard InChI is InChI=1S/C30H26F4S4/c31-29(32,21-27(35-23-13-5-1-6-14-23)36-24-15-7-2-8-16-24)30(33,34)22-28(37-25-17-9-3-10-18-25)38-26-19-11-4-12-20-26/h1-20,27-28H,21-22H2. The summed E-state index contributed by atoms with van der Waals surface area (Å²) in [5, 5.41) is 0. The van der Waals surface area contributed by atoms with Crippen LogP contribution in [-0.2, 0) is 0 Å². The first-order valence-electron chi connectivity index (χ1n) is 11.9. The van der Waals surface area contributed by atoms with E-state index in [1.54, 1.807) is 0 Å². The SMILES string of the molecule is FC(F)(CC(Sc1ccccc1)Sc1ccccc1)C(F)(F)CC(Sc1ccccc1)Sc1ccccc1. The molecule has 0 radical (unpaired) electrons. The van der Waals surface area contributed by atoms with E-state index in [0.717, 1.165) is 19.6 Å². The fourth-order valence-corrected chi connectivity index (χ4v) is 8.90. The summed E-state index contributed by atoms with van der Waals surface area (Å²) in [7, 11) is 0. The predicted molar refractivity (Wildman–Crippen MR) is 156 cm³/mol. The Hall–Kier alpha value is -2.00. The van der Waals surface area contributed by atoms with Crippen molar-refractivity contribution in [3.05, 3.63) is 121 Å². The monoisotopic (exact) mass is 590 g/mol. The van der Waals surface area contributed by atoms with E-state index in [4.69, 9.17) is 0 Å². The van der Waals surface area contributed by atoms with Crippen molar-refractivity contribution in [3.63, 3.8) is 0 Å². The van der Waals surface area contributed by atoms with E-state index in [1.165, 1.54) is 47.0 Å². The lowest BCUT2D eigenvalue weighted by Gasteiger charge is -2.32. The molecule has 0 amide bonds. The first-order chi connectivity index (χ1) is 18.3. The highest BCUT2D eigenvalue weighted by Crippen LogP contribution is 2.50. The van der Waals surface area contributed by atoms with Crippen LogP contribution in [0.2, 0.25) is 0 Å². The Morgan fingerprint density at radius 2 is 0.605 bits per heavy atom. The van der Waals surface area contributed by atoms with Crippen LogP contribution in [0, 0.1) is 0 Å². The third-order valence-corrected chi connectivity index (χ3v) is 10.5. The van der Waals surface area contributed by atoms with E-state index in [0.29, 0.717) is 0 Å². The summed E-state index contributed by atoms with van der Waals surface area (Å²) in [4.78, 5) is 3.05. The lowest BCUT2D eigenvalue weighted by molar-refractivity contribution is -0.211. The van der Waals surface area contributed by atoms with Crippen LogP contribution >= 0.6 is 47.0 Å². The topological polar surface area (TPSA) is 0 Å². The van der Waals surface area contributed by atoms with Gasteiger partial charge in [0.1, 0.15) is 0 Å². The lowest BCUT2D eigenvalue weighted by Crippen LogP contribution is -2.43. The van der Waals surface area contributed by atoms with Gasteiger partial charge in [-0.2, -0.15) is 17.6 Å². The number of alkyl halides is 4. The third-order valence-electron chi connectivity index (χ3n) is 5.42. The summed E-state index contributed by atoms with van der Waals surface area (Å²) in [6.45, 7) is 0. The number of halogens is 4. The van der Waals surface area contributed by atoms with E-state index in [9.17, 15) is 0 Å². The molecule has 0 nitrogen and oxygen atoms in total. The van der Waals surface area contributed by atoms with E-state index in [1.807, 2.05) is 121 Å². The van der Waals surface area contributed by atoms with Gasteiger partial charge in [0.25, 0.3) is 0 Å². The zero-order valence-corrected chi connectivity index (χ0v) is 23.5. The van der Waals surface area contributed by atoms with Crippen molar-refractivity contribution < 1.29 is 17.6 Å². The van der Waals surface area contributed by atoms with Crippen LogP contribution in [-0.4, -0.2) is 21.0 Å². The third kappa shape index (κ3) is 8.76. The molecule has 0 saturated heterocycles. The minimum absolute atomic E-state index is 0.761. The smallest absolute Gasteiger partial charge is 0.200 e. The summed E-state index contributed by atoms with van der Waals surface area (Å²) < 4.78 is 60.4. The first kappa shape index (κ1) is 29.0. The molecule has 0 unspecified atom stereocenters. The number of hydrogen-bond acceptors (Lipinski definition) is 4. The van der Waals surface area contributed by atoms with Crippen LogP contribution in [0.25, 0.3) is 0 Å². The van der Waals surface area contributed by atoms with Gasteiger partial charge < -0.3 is 0 Å². The van der Waals surface area contributed by atoms with Crippen molar-refractivity contribution in [2.75, 3.05) is 0 Å². The van der Waals surface area contributed by atoms with E-state index < -0.39 is 33.9 Å². The molecule has 4 rings (SSSR count). The molecule has 0 aliphatic rings. The van der Waals surface area contributed by atoms with Gasteiger partial charge in [0.2, 0.25) is 0 Å². The lowest BCUT2D eigenvalue weighted by atomic mass is 10.1. The molecular formula is C30H26F4S4. The van der Waals surface area contributed by atoms with Crippen molar-refractivity contribution in [1.82, 2.24) is 0 Å². The van der Waals surface area contributed by atoms with Crippen molar-refractivity contribution in [2.45, 2.75) is 53.4 Å². The highest BCUT2D eigenvalue weighted by molar-refractivity contribution is 8.17. The van der Waals surface area contributed by atoms with Crippen LogP contribution < -0.4 is 0 Å². The Kier molecular flexibility index (Phi) is 10.6. The second kappa shape index (κ2) is 13.9. The van der Waals surface area contributed by atoms with Crippen molar-refractivity contribution >= 4 is 47.0 Å². The quantitative estimate of drug-likeness (QED) is 0.0862. The molecule has 0 saturated carbocycles. The van der Waals surface area contributed by atoms with Gasteiger partial charge >= 0.3 is 11.8 Å². The van der Waals surface area contributed by atoms with Crippen LogP contribution in [0.15, 0.2) is 141 Å². The largest absolute Gasteiger partial charge is 0.312 e. The van der Waals surface area contributed by atoms with Gasteiger partial charge in [-0.1, -0.05) is 72.8 Å². The zero-order valence-electron chi connectivity index (χ0n) is 20.3. The van der Waals surface area contributed by atoms with E-state index >= 15 is 17.6 Å². The molecule has 0 bridgehead atoms. The molecular weight excluding hydrogens is 565 g/mol. The number of hydrogen-bond donors (Lipinski definition) is 0. The van der Waals surface area contributed by atoms with Gasteiger partial charge in [-0.25, -0.2) is 0 Å². The van der Waals surface area contributed by atoms with Crippen LogP contribution in [0.5, 0.6) is 0 Å². The Balaban J connectivity index is 1.53. The van der Waals surface area contributed by atoms with Crippen LogP contribution in [0.4, 0.5) is 17.6 Å². The number of rotatable bonds is 13. The molecule has 198 valence electrons. The van der Waals surface area contributed by atoms with E-state index in [2.05, 4.69) is 0 Å². The molecule has 0 spiro atoms. The van der Waals surface area contributed by atoms with Gasteiger partial charge in [0.15, 0.2) is 0 Å². The van der Waals surface area contributed by atoms with Crippen molar-refractivity contribution in [3.8, 4) is 0 Å². The summed E-state index contributed by atoms with van der Waals surface area (Å²) >= 11 is 4.76. The Bertz CT molecular complexity index is 1040. The fourth-order valence-electron chi connectivity index (χ4n) is 3.54. The fraction of sp³-hybridized carbons (Fsp3) is 0.200. The maximum absolute atomic E-state index is 15.5. The number of benzene rings is 4. The van der Waals surface area contributed by atoms with Crippen molar-refractivity contribution in [1.29, 1.82) is 0 Å². The molecule has 0 fully saturated rings. The minimum atomic E-state index is -4.20. The molecule has 4 aromatic carbocycles. The Morgan fingerprint density at radius 1 is 0.395 bits per heavy atom. The zero-order chi connectivity index (χ0) is 26.8. The molecule has 0 N–H and O–H groups in total. The normalized spacial score (nSPS) is 12.3. The maximum Gasteiger partial charge on any atom is 0.312 e. The summed E-state index contributed by atoms with van der Waals surface area (Å²) in [6, 6.07) is 36.3. The second-order valence-electron chi connectivity index (χ2n) is 8.40. The predicted octanol–water partition coefficient (Wildman–Crippen LogP) is 10.9. The van der Waals surface area contributed by atoms with Gasteiger partial charge in [-0.3, -0.25) is 0 Å². The molecule has 4 aromatic rings. The molecule has 0 heterocycles. The second-order valence-corrected chi connectivity index (χ2v) is 14.1. The average Bonchev–Trinajstić information content (AvgIpc) is 2.90. The van der Waals surface area contributed by atoms with Gasteiger partial charge in [-0.15, -0.1) is 47.0 Å². The molecule has 8 heteroatoms. The molecule has 0 aliphatic heterocycles. The Morgan fingerprint density at radius 3 is 0.816 bits per heavy atom. The minimum Gasteiger partial charge on any atom is -0.200 e. The van der Waals surface area contributed by atoms with Gasteiger partial charge in [0.05, 0.1) is 9.16 Å². The highest BCUT2D eigenvalue weighted by Gasteiger charge is 2.57. The summed E-state index contributed by atoms with van der Waals surface area (Å²) in [5.74, 6) is -8.40. The van der Waals surface area contributed by atoms with Gasteiger partial charge in [-0.05, 0) is 48.5 Å². The molecule has 0 atom stereocenters. The molecule has 0 aromatic heterocycles. The summed E-state index contributed by atoms with van der Waals surface area (Å²) in [6.07, 6.45) is -1.92. The Labute approximate surface area is 238 Å². The molecule has 38 heavy (non-hydrogen) atoms. The number of thioether (sulfide) groups is 4. The maximum atomic E-state index is 15.5. The van der Waals surface area contributed by atoms with Crippen molar-refractivity contribution in [2.24, 2.45) is 0 Å². The first-order valence-corrected chi connectivity index (χ1v) is 15.5. The molecule has 0 aliphatic carbocycles. The van der Waals surface area contributed by atoms with Crippen LogP contribution in [0.3, 0.4) is 0 Å². The van der Waals surface area contributed by atoms with Crippen LogP contribution in [0.1, 0.15) is 12.8 Å².